The van der Waals surface area contributed by atoms with Crippen LogP contribution in [0.2, 0.25) is 0 Å². The second kappa shape index (κ2) is 11.8. The number of nitrogens with one attached hydrogen (secondary N) is 2. The molecule has 10 nitrogen and oxygen atoms in total. The predicted molar refractivity (Wildman–Crippen MR) is 119 cm³/mol. The molecule has 4 N–H and O–H groups in total. The first-order chi connectivity index (χ1) is 15.8. The number of carbonyl (C=O) groups excluding carboxylic acids is 5. The highest BCUT2D eigenvalue weighted by Crippen LogP contribution is 2.23. The summed E-state index contributed by atoms with van der Waals surface area (Å²) in [5.74, 6) is -5.09. The quantitative estimate of drug-likeness (QED) is 0.427. The average molecular weight is 509 g/mol. The van der Waals surface area contributed by atoms with Gasteiger partial charge in [-0.05, 0) is 46.5 Å². The standard InChI is InChI=1S/C22H35F3N4O6/c1-11(2)16(17(31)22(23,24)25)28-18(32)14-8-7-9-29(14)19(33)13(26)10-15(30)12(3)27-20(34)35-21(4,5)6/h11-14,16H,7-10,26H2,1-6H3,(H,27,34)(H,28,32)/t12-,13-,14-,16?/m0/s1. The van der Waals surface area contributed by atoms with Gasteiger partial charge >= 0.3 is 12.3 Å². The summed E-state index contributed by atoms with van der Waals surface area (Å²) < 4.78 is 43.8. The van der Waals surface area contributed by atoms with Crippen molar-refractivity contribution >= 4 is 29.5 Å². The molecule has 1 saturated heterocycles. The Kier molecular flexibility index (Phi) is 10.2. The highest BCUT2D eigenvalue weighted by molar-refractivity contribution is 5.97. The van der Waals surface area contributed by atoms with E-state index in [9.17, 15) is 37.1 Å². The van der Waals surface area contributed by atoms with Crippen molar-refractivity contribution in [3.05, 3.63) is 0 Å². The molecule has 35 heavy (non-hydrogen) atoms. The number of alkyl carbamates (subject to hydrolysis) is 1. The van der Waals surface area contributed by atoms with Gasteiger partial charge < -0.3 is 26.0 Å². The first kappa shape index (κ1) is 30.3. The Morgan fingerprint density at radius 3 is 2.11 bits per heavy atom. The summed E-state index contributed by atoms with van der Waals surface area (Å²) in [6, 6.07) is -5.25. The maximum atomic E-state index is 12.9. The zero-order valence-electron chi connectivity index (χ0n) is 20.8. The van der Waals surface area contributed by atoms with Crippen LogP contribution >= 0.6 is 0 Å². The van der Waals surface area contributed by atoms with Crippen LogP contribution in [0.3, 0.4) is 0 Å². The van der Waals surface area contributed by atoms with Crippen LogP contribution in [-0.4, -0.2) is 76.9 Å². The molecule has 13 heteroatoms. The van der Waals surface area contributed by atoms with Gasteiger partial charge in [0.2, 0.25) is 11.8 Å². The van der Waals surface area contributed by atoms with Gasteiger partial charge in [0.1, 0.15) is 11.6 Å². The zero-order chi connectivity index (χ0) is 27.3. The molecule has 1 fully saturated rings. The molecule has 0 saturated carbocycles. The minimum Gasteiger partial charge on any atom is -0.444 e. The lowest BCUT2D eigenvalue weighted by molar-refractivity contribution is -0.175. The van der Waals surface area contributed by atoms with Crippen LogP contribution in [0, 0.1) is 5.92 Å². The Morgan fingerprint density at radius 1 is 1.06 bits per heavy atom. The summed E-state index contributed by atoms with van der Waals surface area (Å²) in [7, 11) is 0. The second-order valence-electron chi connectivity index (χ2n) is 9.93. The number of rotatable bonds is 9. The van der Waals surface area contributed by atoms with E-state index in [4.69, 9.17) is 10.5 Å². The maximum Gasteiger partial charge on any atom is 0.452 e. The van der Waals surface area contributed by atoms with Gasteiger partial charge in [0.05, 0.1) is 18.1 Å². The van der Waals surface area contributed by atoms with Crippen molar-refractivity contribution in [2.45, 2.75) is 96.7 Å². The van der Waals surface area contributed by atoms with Crippen LogP contribution in [0.15, 0.2) is 0 Å². The maximum absolute atomic E-state index is 12.9. The molecule has 0 aliphatic carbocycles. The highest BCUT2D eigenvalue weighted by atomic mass is 19.4. The van der Waals surface area contributed by atoms with Crippen LogP contribution < -0.4 is 16.4 Å². The molecular weight excluding hydrogens is 473 g/mol. The number of likely N-dealkylation sites (tertiary alicyclic amines) is 1. The van der Waals surface area contributed by atoms with E-state index in [0.717, 1.165) is 4.90 Å². The van der Waals surface area contributed by atoms with E-state index in [-0.39, 0.29) is 13.0 Å². The van der Waals surface area contributed by atoms with Crippen LogP contribution in [0.5, 0.6) is 0 Å². The van der Waals surface area contributed by atoms with Crippen LogP contribution in [-0.2, 0) is 23.9 Å². The summed E-state index contributed by atoms with van der Waals surface area (Å²) >= 11 is 0. The van der Waals surface area contributed by atoms with Crippen molar-refractivity contribution in [3.63, 3.8) is 0 Å². The minimum absolute atomic E-state index is 0.115. The fraction of sp³-hybridized carbons (Fsp3) is 0.773. The number of carbonyl (C=O) groups is 5. The van der Waals surface area contributed by atoms with Crippen molar-refractivity contribution in [2.75, 3.05) is 6.54 Å². The Hall–Kier alpha value is -2.70. The third kappa shape index (κ3) is 9.11. The summed E-state index contributed by atoms with van der Waals surface area (Å²) in [4.78, 5) is 62.6. The Morgan fingerprint density at radius 2 is 1.63 bits per heavy atom. The van der Waals surface area contributed by atoms with E-state index >= 15 is 0 Å². The first-order valence-corrected chi connectivity index (χ1v) is 11.3. The molecule has 0 aromatic heterocycles. The second-order valence-corrected chi connectivity index (χ2v) is 9.93. The number of ether oxygens (including phenoxy) is 1. The third-order valence-electron chi connectivity index (χ3n) is 5.32. The average Bonchev–Trinajstić information content (AvgIpc) is 3.17. The fourth-order valence-corrected chi connectivity index (χ4v) is 3.52. The molecule has 1 heterocycles. The highest BCUT2D eigenvalue weighted by Gasteiger charge is 2.46. The van der Waals surface area contributed by atoms with E-state index in [1.165, 1.54) is 20.8 Å². The largest absolute Gasteiger partial charge is 0.452 e. The van der Waals surface area contributed by atoms with E-state index in [2.05, 4.69) is 10.6 Å². The predicted octanol–water partition coefficient (Wildman–Crippen LogP) is 1.45. The van der Waals surface area contributed by atoms with E-state index < -0.39 is 77.8 Å². The Labute approximate surface area is 202 Å². The molecule has 0 bridgehead atoms. The van der Waals surface area contributed by atoms with Gasteiger partial charge in [-0.3, -0.25) is 19.2 Å². The molecule has 1 aliphatic heterocycles. The smallest absolute Gasteiger partial charge is 0.444 e. The van der Waals surface area contributed by atoms with Crippen LogP contribution in [0.4, 0.5) is 18.0 Å². The Balaban J connectivity index is 2.80. The SMILES string of the molecule is CC(C)C(NC(=O)[C@@H]1CCCN1C(=O)[C@@H](N)CC(=O)[C@H](C)NC(=O)OC(C)(C)C)C(=O)C(F)(F)F. The summed E-state index contributed by atoms with van der Waals surface area (Å²) in [5.41, 5.74) is 5.12. The van der Waals surface area contributed by atoms with Crippen LogP contribution in [0.25, 0.3) is 0 Å². The molecule has 3 amide bonds. The molecule has 1 unspecified atom stereocenters. The molecule has 0 aromatic rings. The molecular formula is C22H35F3N4O6. The van der Waals surface area contributed by atoms with Crippen LogP contribution in [0.1, 0.15) is 60.8 Å². The number of Topliss-reactive ketones (excluding diaryl/α,β-unsaturated/α-hetero) is 2. The molecule has 1 rings (SSSR count). The lowest BCUT2D eigenvalue weighted by atomic mass is 9.98. The number of ketones is 2. The van der Waals surface area contributed by atoms with Gasteiger partial charge in [0.15, 0.2) is 5.78 Å². The third-order valence-corrected chi connectivity index (χ3v) is 5.32. The van der Waals surface area contributed by atoms with Gasteiger partial charge in [0, 0.05) is 13.0 Å². The lowest BCUT2D eigenvalue weighted by Crippen LogP contribution is -2.56. The number of hydrogen-bond donors (Lipinski definition) is 3. The van der Waals surface area contributed by atoms with E-state index in [1.54, 1.807) is 20.8 Å². The van der Waals surface area contributed by atoms with Crippen molar-refractivity contribution in [1.29, 1.82) is 0 Å². The minimum atomic E-state index is -5.12. The number of nitrogens with two attached hydrogens (primary N) is 1. The Bertz CT molecular complexity index is 825. The molecule has 1 aliphatic rings. The number of hydrogen-bond acceptors (Lipinski definition) is 7. The van der Waals surface area contributed by atoms with Gasteiger partial charge in [-0.2, -0.15) is 13.2 Å². The van der Waals surface area contributed by atoms with Gasteiger partial charge in [-0.1, -0.05) is 13.8 Å². The molecule has 0 aromatic carbocycles. The number of nitrogens with zero attached hydrogens (tertiary/aromatic N) is 1. The number of alkyl halides is 3. The van der Waals surface area contributed by atoms with Gasteiger partial charge in [-0.25, -0.2) is 4.79 Å². The lowest BCUT2D eigenvalue weighted by Gasteiger charge is -2.29. The number of amides is 3. The van der Waals surface area contributed by atoms with Crippen molar-refractivity contribution in [3.8, 4) is 0 Å². The fourth-order valence-electron chi connectivity index (χ4n) is 3.52. The van der Waals surface area contributed by atoms with Crippen molar-refractivity contribution in [2.24, 2.45) is 11.7 Å². The monoisotopic (exact) mass is 508 g/mol. The first-order valence-electron chi connectivity index (χ1n) is 11.3. The van der Waals surface area contributed by atoms with Crippen molar-refractivity contribution < 1.29 is 41.9 Å². The van der Waals surface area contributed by atoms with E-state index in [0.29, 0.717) is 6.42 Å². The zero-order valence-corrected chi connectivity index (χ0v) is 20.8. The molecule has 200 valence electrons. The van der Waals surface area contributed by atoms with Gasteiger partial charge in [0.25, 0.3) is 5.78 Å². The molecule has 0 radical (unpaired) electrons. The normalized spacial score (nSPS) is 19.1. The summed E-state index contributed by atoms with van der Waals surface area (Å²) in [5, 5.41) is 4.47. The summed E-state index contributed by atoms with van der Waals surface area (Å²) in [6.07, 6.45) is -5.83. The van der Waals surface area contributed by atoms with Gasteiger partial charge in [-0.15, -0.1) is 0 Å². The van der Waals surface area contributed by atoms with E-state index in [1.807, 2.05) is 0 Å². The molecule has 0 spiro atoms. The molecule has 4 atom stereocenters. The topological polar surface area (TPSA) is 148 Å². The van der Waals surface area contributed by atoms with Crippen molar-refractivity contribution in [1.82, 2.24) is 15.5 Å². The number of halogens is 3. The summed E-state index contributed by atoms with van der Waals surface area (Å²) in [6.45, 7) is 9.19.